The van der Waals surface area contributed by atoms with Crippen LogP contribution in [0.2, 0.25) is 0 Å². The number of aldehydes is 1. The van der Waals surface area contributed by atoms with Crippen molar-refractivity contribution < 1.29 is 4.79 Å². The van der Waals surface area contributed by atoms with Crippen molar-refractivity contribution in [2.45, 2.75) is 11.3 Å². The normalized spacial score (nSPS) is 9.62. The van der Waals surface area contributed by atoms with Crippen molar-refractivity contribution >= 4 is 18.0 Å². The van der Waals surface area contributed by atoms with Gasteiger partial charge in [-0.3, -0.25) is 4.79 Å². The third kappa shape index (κ3) is 2.22. The Bertz CT molecular complexity index is 318. The van der Waals surface area contributed by atoms with E-state index in [9.17, 15) is 4.79 Å². The van der Waals surface area contributed by atoms with E-state index in [4.69, 9.17) is 0 Å². The summed E-state index contributed by atoms with van der Waals surface area (Å²) in [6.45, 7) is 3.68. The lowest BCUT2D eigenvalue weighted by Gasteiger charge is -2.06. The second kappa shape index (κ2) is 4.87. The van der Waals surface area contributed by atoms with Crippen LogP contribution in [0.3, 0.4) is 0 Å². The van der Waals surface area contributed by atoms with Crippen LogP contribution in [0.5, 0.6) is 0 Å². The minimum atomic E-state index is 0.755. The first-order chi connectivity index (χ1) is 6.33. The smallest absolute Gasteiger partial charge is 0.150 e. The van der Waals surface area contributed by atoms with Gasteiger partial charge in [0.15, 0.2) is 0 Å². The van der Waals surface area contributed by atoms with Crippen LogP contribution in [0.25, 0.3) is 0 Å². The van der Waals surface area contributed by atoms with Crippen molar-refractivity contribution in [2.75, 3.05) is 6.26 Å². The van der Waals surface area contributed by atoms with E-state index < -0.39 is 0 Å². The predicted octanol–water partition coefficient (Wildman–Crippen LogP) is 2.95. The lowest BCUT2D eigenvalue weighted by atomic mass is 10.1. The molecule has 13 heavy (non-hydrogen) atoms. The van der Waals surface area contributed by atoms with Crippen LogP contribution in [0.4, 0.5) is 0 Å². The van der Waals surface area contributed by atoms with Gasteiger partial charge >= 0.3 is 0 Å². The summed E-state index contributed by atoms with van der Waals surface area (Å²) in [6.07, 6.45) is 5.49. The molecule has 2 heteroatoms. The molecule has 0 saturated heterocycles. The molecule has 0 fully saturated rings. The molecule has 68 valence electrons. The molecule has 0 aliphatic rings. The summed E-state index contributed by atoms with van der Waals surface area (Å²) in [5.74, 6) is 0. The van der Waals surface area contributed by atoms with E-state index >= 15 is 0 Å². The van der Waals surface area contributed by atoms with Crippen molar-refractivity contribution in [1.82, 2.24) is 0 Å². The van der Waals surface area contributed by atoms with Gasteiger partial charge in [-0.1, -0.05) is 18.2 Å². The number of carbonyl (C=O) groups is 1. The Morgan fingerprint density at radius 2 is 2.31 bits per heavy atom. The van der Waals surface area contributed by atoms with Crippen molar-refractivity contribution in [3.05, 3.63) is 42.0 Å². The third-order valence-electron chi connectivity index (χ3n) is 1.86. The largest absolute Gasteiger partial charge is 0.298 e. The van der Waals surface area contributed by atoms with Crippen LogP contribution in [-0.2, 0) is 6.42 Å². The van der Waals surface area contributed by atoms with E-state index in [0.29, 0.717) is 0 Å². The quantitative estimate of drug-likeness (QED) is 0.414. The number of rotatable bonds is 4. The Morgan fingerprint density at radius 3 is 2.85 bits per heavy atom. The second-order valence-corrected chi connectivity index (χ2v) is 3.49. The predicted molar refractivity (Wildman–Crippen MR) is 57.5 cm³/mol. The van der Waals surface area contributed by atoms with Gasteiger partial charge in [-0.05, 0) is 24.3 Å². The molecule has 0 unspecified atom stereocenters. The van der Waals surface area contributed by atoms with Gasteiger partial charge in [-0.25, -0.2) is 0 Å². The van der Waals surface area contributed by atoms with Crippen LogP contribution >= 0.6 is 11.8 Å². The molecule has 0 N–H and O–H groups in total. The summed E-state index contributed by atoms with van der Waals surface area (Å²) >= 11 is 1.66. The Labute approximate surface area is 82.9 Å². The van der Waals surface area contributed by atoms with Crippen LogP contribution < -0.4 is 0 Å². The van der Waals surface area contributed by atoms with E-state index in [-0.39, 0.29) is 0 Å². The van der Waals surface area contributed by atoms with Gasteiger partial charge in [0.05, 0.1) is 0 Å². The van der Waals surface area contributed by atoms with E-state index in [1.807, 2.05) is 30.5 Å². The van der Waals surface area contributed by atoms with E-state index in [0.717, 1.165) is 28.7 Å². The standard InChI is InChI=1S/C11H12OS/c1-3-5-10-9(8-12)6-4-7-11(10)13-2/h3-4,6-8H,1,5H2,2H3. The Hall–Kier alpha value is -1.02. The number of benzene rings is 1. The average molecular weight is 192 g/mol. The molecule has 0 aliphatic heterocycles. The molecule has 1 nitrogen and oxygen atoms in total. The van der Waals surface area contributed by atoms with Gasteiger partial charge in [0.1, 0.15) is 6.29 Å². The molecular formula is C11H12OS. The number of hydrogen-bond donors (Lipinski definition) is 0. The molecule has 0 saturated carbocycles. The number of thioether (sulfide) groups is 1. The van der Waals surface area contributed by atoms with Crippen LogP contribution in [-0.4, -0.2) is 12.5 Å². The Morgan fingerprint density at radius 1 is 1.54 bits per heavy atom. The molecule has 0 aliphatic carbocycles. The number of allylic oxidation sites excluding steroid dienone is 1. The summed E-state index contributed by atoms with van der Waals surface area (Å²) in [6, 6.07) is 5.77. The highest BCUT2D eigenvalue weighted by Crippen LogP contribution is 2.23. The number of carbonyl (C=O) groups excluding carboxylic acids is 1. The first-order valence-corrected chi connectivity index (χ1v) is 5.28. The van der Waals surface area contributed by atoms with E-state index in [1.54, 1.807) is 11.8 Å². The zero-order valence-corrected chi connectivity index (χ0v) is 8.43. The monoisotopic (exact) mass is 192 g/mol. The molecule has 0 atom stereocenters. The second-order valence-electron chi connectivity index (χ2n) is 2.64. The highest BCUT2D eigenvalue weighted by atomic mass is 32.2. The molecule has 0 amide bonds. The fourth-order valence-corrected chi connectivity index (χ4v) is 1.91. The maximum Gasteiger partial charge on any atom is 0.150 e. The van der Waals surface area contributed by atoms with Crippen LogP contribution in [0, 0.1) is 0 Å². The van der Waals surface area contributed by atoms with Crippen molar-refractivity contribution in [1.29, 1.82) is 0 Å². The minimum Gasteiger partial charge on any atom is -0.298 e. The van der Waals surface area contributed by atoms with Gasteiger partial charge in [0, 0.05) is 10.5 Å². The molecule has 0 aromatic heterocycles. The van der Waals surface area contributed by atoms with Crippen LogP contribution in [0.15, 0.2) is 35.7 Å². The lowest BCUT2D eigenvalue weighted by molar-refractivity contribution is 0.112. The van der Waals surface area contributed by atoms with Gasteiger partial charge in [-0.2, -0.15) is 0 Å². The molecule has 1 aromatic carbocycles. The molecule has 0 spiro atoms. The number of hydrogen-bond acceptors (Lipinski definition) is 2. The van der Waals surface area contributed by atoms with E-state index in [2.05, 4.69) is 6.58 Å². The molecule has 0 radical (unpaired) electrons. The first-order valence-electron chi connectivity index (χ1n) is 4.05. The summed E-state index contributed by atoms with van der Waals surface area (Å²) < 4.78 is 0. The zero-order chi connectivity index (χ0) is 9.68. The molecule has 1 aromatic rings. The first kappa shape index (κ1) is 10.1. The third-order valence-corrected chi connectivity index (χ3v) is 2.69. The highest BCUT2D eigenvalue weighted by Gasteiger charge is 2.04. The van der Waals surface area contributed by atoms with Crippen molar-refractivity contribution in [3.63, 3.8) is 0 Å². The highest BCUT2D eigenvalue weighted by molar-refractivity contribution is 7.98. The fourth-order valence-electron chi connectivity index (χ4n) is 1.25. The topological polar surface area (TPSA) is 17.1 Å². The van der Waals surface area contributed by atoms with Gasteiger partial charge in [-0.15, -0.1) is 18.3 Å². The molecule has 0 bridgehead atoms. The maximum atomic E-state index is 10.7. The average Bonchev–Trinajstić information content (AvgIpc) is 2.18. The Balaban J connectivity index is 3.20. The zero-order valence-electron chi connectivity index (χ0n) is 7.62. The van der Waals surface area contributed by atoms with Gasteiger partial charge in [0.2, 0.25) is 0 Å². The van der Waals surface area contributed by atoms with E-state index in [1.165, 1.54) is 0 Å². The van der Waals surface area contributed by atoms with Crippen molar-refractivity contribution in [3.8, 4) is 0 Å². The summed E-state index contributed by atoms with van der Waals surface area (Å²) in [4.78, 5) is 11.9. The van der Waals surface area contributed by atoms with Gasteiger partial charge < -0.3 is 0 Å². The molecular weight excluding hydrogens is 180 g/mol. The summed E-state index contributed by atoms with van der Waals surface area (Å²) in [5.41, 5.74) is 1.85. The lowest BCUT2D eigenvalue weighted by Crippen LogP contribution is -1.93. The minimum absolute atomic E-state index is 0.755. The Kier molecular flexibility index (Phi) is 3.77. The maximum absolute atomic E-state index is 10.7. The van der Waals surface area contributed by atoms with Crippen LogP contribution in [0.1, 0.15) is 15.9 Å². The molecule has 1 rings (SSSR count). The summed E-state index contributed by atoms with van der Waals surface area (Å²) in [7, 11) is 0. The van der Waals surface area contributed by atoms with Crippen molar-refractivity contribution in [2.24, 2.45) is 0 Å². The molecule has 0 heterocycles. The summed E-state index contributed by atoms with van der Waals surface area (Å²) in [5, 5.41) is 0. The SMILES string of the molecule is C=CCc1c(C=O)cccc1SC. The van der Waals surface area contributed by atoms with Gasteiger partial charge in [0.25, 0.3) is 0 Å². The fraction of sp³-hybridized carbons (Fsp3) is 0.182.